The number of ether oxygens (including phenoxy) is 1. The van der Waals surface area contributed by atoms with Crippen LogP contribution in [-0.2, 0) is 19.6 Å². The molecule has 2 aliphatic carbocycles. The summed E-state index contributed by atoms with van der Waals surface area (Å²) >= 11 is 0. The lowest BCUT2D eigenvalue weighted by molar-refractivity contribution is -0.143. The zero-order valence-corrected chi connectivity index (χ0v) is 11.6. The first-order valence-electron chi connectivity index (χ1n) is 6.72. The average molecular weight is 275 g/mol. The molecule has 0 unspecified atom stereocenters. The van der Waals surface area contributed by atoms with Crippen molar-refractivity contribution in [1.29, 1.82) is 0 Å². The highest BCUT2D eigenvalue weighted by Gasteiger charge is 2.44. The first kappa shape index (κ1) is 13.8. The van der Waals surface area contributed by atoms with Crippen LogP contribution in [0.2, 0.25) is 0 Å². The summed E-state index contributed by atoms with van der Waals surface area (Å²) in [6.45, 7) is 1.91. The highest BCUT2D eigenvalue weighted by molar-refractivity contribution is 7.90. The molecule has 5 nitrogen and oxygen atoms in total. The Kier molecular flexibility index (Phi) is 4.27. The Morgan fingerprint density at radius 3 is 2.33 bits per heavy atom. The third-order valence-electron chi connectivity index (χ3n) is 3.59. The van der Waals surface area contributed by atoms with E-state index in [0.29, 0.717) is 6.61 Å². The molecule has 0 aromatic rings. The van der Waals surface area contributed by atoms with Crippen LogP contribution in [0.1, 0.15) is 45.4 Å². The van der Waals surface area contributed by atoms with E-state index in [-0.39, 0.29) is 17.8 Å². The first-order chi connectivity index (χ1) is 8.55. The van der Waals surface area contributed by atoms with Crippen LogP contribution in [0.3, 0.4) is 0 Å². The van der Waals surface area contributed by atoms with E-state index in [0.717, 1.165) is 38.5 Å². The maximum atomic E-state index is 12.3. The minimum absolute atomic E-state index is 0.00000567. The summed E-state index contributed by atoms with van der Waals surface area (Å²) in [5.74, 6) is -0.436. The van der Waals surface area contributed by atoms with E-state index in [2.05, 4.69) is 0 Å². The van der Waals surface area contributed by atoms with E-state index >= 15 is 0 Å². The van der Waals surface area contributed by atoms with Gasteiger partial charge in [-0.1, -0.05) is 12.8 Å². The van der Waals surface area contributed by atoms with Crippen LogP contribution in [0.4, 0.5) is 0 Å². The predicted octanol–water partition coefficient (Wildman–Crippen LogP) is 1.29. The summed E-state index contributed by atoms with van der Waals surface area (Å²) in [7, 11) is -3.29. The predicted molar refractivity (Wildman–Crippen MR) is 67.5 cm³/mol. The van der Waals surface area contributed by atoms with Crippen molar-refractivity contribution in [2.75, 3.05) is 13.2 Å². The normalized spacial score (nSPS) is 21.4. The molecule has 0 heterocycles. The Balaban J connectivity index is 2.09. The molecule has 2 saturated carbocycles. The van der Waals surface area contributed by atoms with Crippen LogP contribution < -0.4 is 0 Å². The van der Waals surface area contributed by atoms with E-state index < -0.39 is 16.0 Å². The smallest absolute Gasteiger partial charge is 0.321 e. The van der Waals surface area contributed by atoms with Crippen LogP contribution in [0, 0.1) is 0 Å². The topological polar surface area (TPSA) is 63.7 Å². The van der Waals surface area contributed by atoms with Gasteiger partial charge in [-0.25, -0.2) is 8.42 Å². The molecule has 0 N–H and O–H groups in total. The standard InChI is InChI=1S/C12H21NO4S/c1-2-17-12(14)9-13(10-5-3-4-6-10)18(15,16)11-7-8-11/h10-11H,2-9H2,1H3. The Bertz CT molecular complexity index is 396. The van der Waals surface area contributed by atoms with Crippen LogP contribution in [-0.4, -0.2) is 43.1 Å². The number of nitrogens with zero attached hydrogens (tertiary/aromatic N) is 1. The monoisotopic (exact) mass is 275 g/mol. The quantitative estimate of drug-likeness (QED) is 0.685. The summed E-state index contributed by atoms with van der Waals surface area (Å²) in [6.07, 6.45) is 5.29. The van der Waals surface area contributed by atoms with E-state index in [9.17, 15) is 13.2 Å². The van der Waals surface area contributed by atoms with Crippen LogP contribution in [0.15, 0.2) is 0 Å². The van der Waals surface area contributed by atoms with Gasteiger partial charge in [0.2, 0.25) is 10.0 Å². The largest absolute Gasteiger partial charge is 0.465 e. The van der Waals surface area contributed by atoms with Crippen molar-refractivity contribution in [2.45, 2.75) is 56.7 Å². The second-order valence-corrected chi connectivity index (χ2v) is 7.20. The molecular formula is C12H21NO4S. The molecule has 0 amide bonds. The third-order valence-corrected chi connectivity index (χ3v) is 5.99. The van der Waals surface area contributed by atoms with Gasteiger partial charge in [0.15, 0.2) is 0 Å². The van der Waals surface area contributed by atoms with Crippen molar-refractivity contribution < 1.29 is 17.9 Å². The third kappa shape index (κ3) is 3.03. The van der Waals surface area contributed by atoms with Gasteiger partial charge in [-0.3, -0.25) is 4.79 Å². The van der Waals surface area contributed by atoms with Crippen LogP contribution in [0.5, 0.6) is 0 Å². The molecule has 2 rings (SSSR count). The molecule has 6 heteroatoms. The number of carbonyl (C=O) groups excluding carboxylic acids is 1. The van der Waals surface area contributed by atoms with E-state index in [1.54, 1.807) is 6.92 Å². The molecule has 0 saturated heterocycles. The fourth-order valence-corrected chi connectivity index (χ4v) is 4.54. The molecule has 0 atom stereocenters. The summed E-state index contributed by atoms with van der Waals surface area (Å²) in [5, 5.41) is -0.257. The molecule has 0 spiro atoms. The van der Waals surface area contributed by atoms with Crippen molar-refractivity contribution in [3.05, 3.63) is 0 Å². The molecular weight excluding hydrogens is 254 g/mol. The zero-order valence-electron chi connectivity index (χ0n) is 10.8. The highest BCUT2D eigenvalue weighted by Crippen LogP contribution is 2.35. The first-order valence-corrected chi connectivity index (χ1v) is 8.22. The van der Waals surface area contributed by atoms with Crippen molar-refractivity contribution in [3.8, 4) is 0 Å². The maximum absolute atomic E-state index is 12.3. The number of sulfonamides is 1. The number of carbonyl (C=O) groups is 1. The van der Waals surface area contributed by atoms with Gasteiger partial charge in [0.05, 0.1) is 11.9 Å². The maximum Gasteiger partial charge on any atom is 0.321 e. The lowest BCUT2D eigenvalue weighted by Crippen LogP contribution is -2.44. The summed E-state index contributed by atoms with van der Waals surface area (Å²) in [4.78, 5) is 11.6. The fraction of sp³-hybridized carbons (Fsp3) is 0.917. The Morgan fingerprint density at radius 1 is 1.22 bits per heavy atom. The molecule has 2 fully saturated rings. The van der Waals surface area contributed by atoms with Gasteiger partial charge in [-0.05, 0) is 32.6 Å². The van der Waals surface area contributed by atoms with Crippen LogP contribution >= 0.6 is 0 Å². The minimum Gasteiger partial charge on any atom is -0.465 e. The molecule has 0 radical (unpaired) electrons. The van der Waals surface area contributed by atoms with Gasteiger partial charge in [0, 0.05) is 6.04 Å². The summed E-state index contributed by atoms with van der Waals surface area (Å²) < 4.78 is 31.0. The fourth-order valence-electron chi connectivity index (χ4n) is 2.51. The lowest BCUT2D eigenvalue weighted by atomic mass is 10.2. The second-order valence-electron chi connectivity index (χ2n) is 5.03. The van der Waals surface area contributed by atoms with Crippen molar-refractivity contribution in [1.82, 2.24) is 4.31 Å². The second kappa shape index (κ2) is 5.57. The zero-order chi connectivity index (χ0) is 13.2. The van der Waals surface area contributed by atoms with Crippen LogP contribution in [0.25, 0.3) is 0 Å². The van der Waals surface area contributed by atoms with Gasteiger partial charge in [0.25, 0.3) is 0 Å². The van der Waals surface area contributed by atoms with Crippen molar-refractivity contribution in [2.24, 2.45) is 0 Å². The minimum atomic E-state index is -3.29. The highest BCUT2D eigenvalue weighted by atomic mass is 32.2. The Labute approximate surface area is 109 Å². The van der Waals surface area contributed by atoms with Gasteiger partial charge in [0.1, 0.15) is 6.54 Å². The number of esters is 1. The number of hydrogen-bond acceptors (Lipinski definition) is 4. The molecule has 2 aliphatic rings. The summed E-state index contributed by atoms with van der Waals surface area (Å²) in [5.41, 5.74) is 0. The van der Waals surface area contributed by atoms with E-state index in [1.165, 1.54) is 4.31 Å². The van der Waals surface area contributed by atoms with Gasteiger partial charge < -0.3 is 4.74 Å². The molecule has 0 aliphatic heterocycles. The Morgan fingerprint density at radius 2 is 1.83 bits per heavy atom. The molecule has 18 heavy (non-hydrogen) atoms. The molecule has 104 valence electrons. The van der Waals surface area contributed by atoms with Gasteiger partial charge in [-0.2, -0.15) is 4.31 Å². The van der Waals surface area contributed by atoms with Gasteiger partial charge in [-0.15, -0.1) is 0 Å². The summed E-state index contributed by atoms with van der Waals surface area (Å²) in [6, 6.07) is 0.00000567. The molecule has 0 aromatic heterocycles. The van der Waals surface area contributed by atoms with Gasteiger partial charge >= 0.3 is 5.97 Å². The van der Waals surface area contributed by atoms with E-state index in [1.807, 2.05) is 0 Å². The lowest BCUT2D eigenvalue weighted by Gasteiger charge is -2.27. The van der Waals surface area contributed by atoms with Crippen molar-refractivity contribution in [3.63, 3.8) is 0 Å². The molecule has 0 aromatic carbocycles. The average Bonchev–Trinajstić information content (AvgIpc) is 3.05. The van der Waals surface area contributed by atoms with Crippen molar-refractivity contribution >= 4 is 16.0 Å². The Hall–Kier alpha value is -0.620. The van der Waals surface area contributed by atoms with E-state index in [4.69, 9.17) is 4.74 Å². The number of hydrogen-bond donors (Lipinski definition) is 0. The molecule has 0 bridgehead atoms. The number of rotatable bonds is 6. The SMILES string of the molecule is CCOC(=O)CN(C1CCCC1)S(=O)(=O)C1CC1.